The molecular formula is C19H25N3O2. The molecule has 2 aromatic heterocycles. The van der Waals surface area contributed by atoms with Gasteiger partial charge in [-0.05, 0) is 51.5 Å². The molecule has 1 aliphatic carbocycles. The van der Waals surface area contributed by atoms with E-state index in [0.29, 0.717) is 5.92 Å². The van der Waals surface area contributed by atoms with E-state index in [4.69, 9.17) is 4.42 Å². The first-order valence-electron chi connectivity index (χ1n) is 9.05. The van der Waals surface area contributed by atoms with Crippen LogP contribution in [-0.2, 0) is 12.8 Å². The van der Waals surface area contributed by atoms with E-state index in [1.54, 1.807) is 0 Å². The number of aromatic amines is 1. The highest BCUT2D eigenvalue weighted by Crippen LogP contribution is 2.33. The fourth-order valence-corrected chi connectivity index (χ4v) is 4.31. The van der Waals surface area contributed by atoms with Crippen LogP contribution in [0.25, 0.3) is 0 Å². The molecule has 1 N–H and O–H groups in total. The SMILES string of the molecule is Cc1cn[nH]c1[C@H]1CCCN(C(=O)c2c(C)oc3c2CCCC3)C1. The van der Waals surface area contributed by atoms with Gasteiger partial charge in [0.15, 0.2) is 0 Å². The van der Waals surface area contributed by atoms with E-state index in [1.807, 2.05) is 18.0 Å². The normalized spacial score (nSPS) is 20.9. The highest BCUT2D eigenvalue weighted by Gasteiger charge is 2.32. The Hall–Kier alpha value is -2.04. The number of carbonyl (C=O) groups excluding carboxylic acids is 1. The molecule has 0 spiro atoms. The average molecular weight is 327 g/mol. The molecule has 2 aliphatic rings. The zero-order valence-electron chi connectivity index (χ0n) is 14.5. The lowest BCUT2D eigenvalue weighted by Crippen LogP contribution is -2.39. The fraction of sp³-hybridized carbons (Fsp3) is 0.579. The van der Waals surface area contributed by atoms with E-state index in [2.05, 4.69) is 17.1 Å². The van der Waals surface area contributed by atoms with Crippen molar-refractivity contribution >= 4 is 5.91 Å². The van der Waals surface area contributed by atoms with Crippen molar-refractivity contribution in [3.05, 3.63) is 40.1 Å². The number of hydrogen-bond acceptors (Lipinski definition) is 3. The number of furan rings is 1. The number of H-pyrrole nitrogens is 1. The molecule has 1 atom stereocenters. The van der Waals surface area contributed by atoms with Gasteiger partial charge in [-0.2, -0.15) is 5.10 Å². The van der Waals surface area contributed by atoms with Crippen molar-refractivity contribution in [2.45, 2.75) is 58.3 Å². The molecule has 0 saturated carbocycles. The molecule has 0 radical (unpaired) electrons. The number of hydrogen-bond donors (Lipinski definition) is 1. The molecule has 1 aliphatic heterocycles. The minimum Gasteiger partial charge on any atom is -0.465 e. The summed E-state index contributed by atoms with van der Waals surface area (Å²) in [6.07, 6.45) is 8.28. The topological polar surface area (TPSA) is 62.1 Å². The van der Waals surface area contributed by atoms with Crippen molar-refractivity contribution in [3.8, 4) is 0 Å². The van der Waals surface area contributed by atoms with Crippen LogP contribution >= 0.6 is 0 Å². The van der Waals surface area contributed by atoms with E-state index in [9.17, 15) is 4.79 Å². The monoisotopic (exact) mass is 327 g/mol. The van der Waals surface area contributed by atoms with E-state index < -0.39 is 0 Å². The molecule has 5 nitrogen and oxygen atoms in total. The Morgan fingerprint density at radius 1 is 1.29 bits per heavy atom. The van der Waals surface area contributed by atoms with Crippen LogP contribution in [0.1, 0.15) is 70.3 Å². The fourth-order valence-electron chi connectivity index (χ4n) is 4.31. The van der Waals surface area contributed by atoms with Crippen LogP contribution in [0.4, 0.5) is 0 Å². The second kappa shape index (κ2) is 6.11. The summed E-state index contributed by atoms with van der Waals surface area (Å²) in [5.41, 5.74) is 4.37. The Bertz CT molecular complexity index is 759. The lowest BCUT2D eigenvalue weighted by molar-refractivity contribution is 0.0703. The molecule has 2 aromatic rings. The lowest BCUT2D eigenvalue weighted by atomic mass is 9.91. The molecule has 0 unspecified atom stereocenters. The summed E-state index contributed by atoms with van der Waals surface area (Å²) in [7, 11) is 0. The second-order valence-electron chi connectivity index (χ2n) is 7.20. The van der Waals surface area contributed by atoms with Gasteiger partial charge >= 0.3 is 0 Å². The number of aromatic nitrogens is 2. The number of piperidine rings is 1. The first kappa shape index (κ1) is 15.5. The maximum Gasteiger partial charge on any atom is 0.257 e. The molecule has 0 bridgehead atoms. The van der Waals surface area contributed by atoms with Gasteiger partial charge in [-0.25, -0.2) is 0 Å². The van der Waals surface area contributed by atoms with E-state index in [-0.39, 0.29) is 5.91 Å². The van der Waals surface area contributed by atoms with Gasteiger partial charge in [-0.1, -0.05) is 0 Å². The number of carbonyl (C=O) groups is 1. The number of rotatable bonds is 2. The van der Waals surface area contributed by atoms with Gasteiger partial charge in [0.1, 0.15) is 11.5 Å². The molecule has 128 valence electrons. The molecule has 1 fully saturated rings. The van der Waals surface area contributed by atoms with Crippen molar-refractivity contribution in [1.82, 2.24) is 15.1 Å². The maximum absolute atomic E-state index is 13.2. The minimum absolute atomic E-state index is 0.154. The summed E-state index contributed by atoms with van der Waals surface area (Å²) in [4.78, 5) is 15.2. The van der Waals surface area contributed by atoms with Crippen LogP contribution in [-0.4, -0.2) is 34.1 Å². The maximum atomic E-state index is 13.2. The smallest absolute Gasteiger partial charge is 0.257 e. The van der Waals surface area contributed by atoms with Crippen LogP contribution in [0.15, 0.2) is 10.6 Å². The first-order valence-corrected chi connectivity index (χ1v) is 9.05. The van der Waals surface area contributed by atoms with Crippen molar-refractivity contribution in [2.24, 2.45) is 0 Å². The third kappa shape index (κ3) is 2.56. The van der Waals surface area contributed by atoms with Crippen molar-refractivity contribution in [3.63, 3.8) is 0 Å². The standard InChI is InChI=1S/C19H25N3O2/c1-12-10-20-21-18(12)14-6-5-9-22(11-14)19(23)17-13(2)24-16-8-4-3-7-15(16)17/h10,14H,3-9,11H2,1-2H3,(H,20,21)/t14-/m0/s1. The number of likely N-dealkylation sites (tertiary alicyclic amines) is 1. The number of nitrogens with one attached hydrogen (secondary N) is 1. The van der Waals surface area contributed by atoms with Gasteiger partial charge in [0, 0.05) is 36.7 Å². The Balaban J connectivity index is 1.59. The molecule has 3 heterocycles. The second-order valence-corrected chi connectivity index (χ2v) is 7.20. The van der Waals surface area contributed by atoms with Crippen LogP contribution in [0.2, 0.25) is 0 Å². The molecule has 4 rings (SSSR count). The van der Waals surface area contributed by atoms with Gasteiger partial charge < -0.3 is 9.32 Å². The van der Waals surface area contributed by atoms with E-state index in [1.165, 1.54) is 23.2 Å². The highest BCUT2D eigenvalue weighted by atomic mass is 16.3. The molecule has 5 heteroatoms. The predicted molar refractivity (Wildman–Crippen MR) is 91.3 cm³/mol. The van der Waals surface area contributed by atoms with Gasteiger partial charge in [-0.15, -0.1) is 0 Å². The van der Waals surface area contributed by atoms with Crippen molar-refractivity contribution < 1.29 is 9.21 Å². The van der Waals surface area contributed by atoms with Crippen LogP contribution in [0.3, 0.4) is 0 Å². The van der Waals surface area contributed by atoms with Gasteiger partial charge in [0.2, 0.25) is 0 Å². The zero-order chi connectivity index (χ0) is 16.7. The highest BCUT2D eigenvalue weighted by molar-refractivity contribution is 5.97. The van der Waals surface area contributed by atoms with Crippen molar-refractivity contribution in [1.29, 1.82) is 0 Å². The summed E-state index contributed by atoms with van der Waals surface area (Å²) >= 11 is 0. The molecular weight excluding hydrogens is 302 g/mol. The third-order valence-corrected chi connectivity index (χ3v) is 5.55. The number of aryl methyl sites for hydroxylation is 3. The van der Waals surface area contributed by atoms with Crippen LogP contribution in [0, 0.1) is 13.8 Å². The van der Waals surface area contributed by atoms with Crippen LogP contribution in [0.5, 0.6) is 0 Å². The van der Waals surface area contributed by atoms with E-state index >= 15 is 0 Å². The lowest BCUT2D eigenvalue weighted by Gasteiger charge is -2.33. The largest absolute Gasteiger partial charge is 0.465 e. The summed E-state index contributed by atoms with van der Waals surface area (Å²) in [5.74, 6) is 2.35. The third-order valence-electron chi connectivity index (χ3n) is 5.55. The Kier molecular flexibility index (Phi) is 3.94. The molecule has 0 aromatic carbocycles. The molecule has 1 amide bonds. The van der Waals surface area contributed by atoms with Crippen molar-refractivity contribution in [2.75, 3.05) is 13.1 Å². The molecule has 1 saturated heterocycles. The Morgan fingerprint density at radius 3 is 2.92 bits per heavy atom. The van der Waals surface area contributed by atoms with Gasteiger partial charge in [0.05, 0.1) is 11.8 Å². The van der Waals surface area contributed by atoms with Gasteiger partial charge in [-0.3, -0.25) is 9.89 Å². The molecule has 24 heavy (non-hydrogen) atoms. The number of amides is 1. The zero-order valence-corrected chi connectivity index (χ0v) is 14.5. The Morgan fingerprint density at radius 2 is 2.12 bits per heavy atom. The first-order chi connectivity index (χ1) is 11.6. The quantitative estimate of drug-likeness (QED) is 0.918. The summed E-state index contributed by atoms with van der Waals surface area (Å²) in [5, 5.41) is 7.27. The van der Waals surface area contributed by atoms with Gasteiger partial charge in [0.25, 0.3) is 5.91 Å². The Labute approximate surface area is 142 Å². The van der Waals surface area contributed by atoms with E-state index in [0.717, 1.165) is 62.3 Å². The summed E-state index contributed by atoms with van der Waals surface area (Å²) in [6, 6.07) is 0. The summed E-state index contributed by atoms with van der Waals surface area (Å²) < 4.78 is 5.90. The average Bonchev–Trinajstić information content (AvgIpc) is 3.16. The number of nitrogens with zero attached hydrogens (tertiary/aromatic N) is 2. The predicted octanol–water partition coefficient (Wildman–Crippen LogP) is 3.52. The number of fused-ring (bicyclic) bond motifs is 1. The van der Waals surface area contributed by atoms with Crippen LogP contribution < -0.4 is 0 Å². The summed E-state index contributed by atoms with van der Waals surface area (Å²) in [6.45, 7) is 5.62. The minimum atomic E-state index is 0.154.